The van der Waals surface area contributed by atoms with E-state index in [1.54, 1.807) is 12.1 Å². The topological polar surface area (TPSA) is 85.8 Å². The van der Waals surface area contributed by atoms with Gasteiger partial charge in [0.25, 0.3) is 0 Å². The number of nitrogens with two attached hydrogens (primary N) is 1. The number of halogens is 1. The van der Waals surface area contributed by atoms with E-state index in [0.717, 1.165) is 12.0 Å². The first-order chi connectivity index (χ1) is 12.5. The molecule has 26 heavy (non-hydrogen) atoms. The molecule has 6 nitrogen and oxygen atoms in total. The zero-order valence-corrected chi connectivity index (χ0v) is 16.6. The van der Waals surface area contributed by atoms with Gasteiger partial charge in [-0.3, -0.25) is 4.79 Å². The molecule has 0 unspecified atom stereocenters. The lowest BCUT2D eigenvalue weighted by Gasteiger charge is -2.34. The Balaban J connectivity index is 1.58. The van der Waals surface area contributed by atoms with Crippen LogP contribution in [-0.4, -0.2) is 32.6 Å². The SMILES string of the molecule is C[C@@H]1[C@H](C)CCC[C@@H]1NC(=O)CSc1nnc(-c2ccc(Cl)cc2)n1N. The molecule has 1 amide bonds. The number of hydrogen-bond donors (Lipinski definition) is 2. The fourth-order valence-corrected chi connectivity index (χ4v) is 4.13. The van der Waals surface area contributed by atoms with Gasteiger partial charge in [-0.05, 0) is 42.5 Å². The predicted molar refractivity (Wildman–Crippen MR) is 105 cm³/mol. The number of rotatable bonds is 5. The lowest BCUT2D eigenvalue weighted by atomic mass is 9.78. The molecule has 1 aromatic carbocycles. The number of aromatic nitrogens is 3. The van der Waals surface area contributed by atoms with Gasteiger partial charge in [0.2, 0.25) is 11.1 Å². The van der Waals surface area contributed by atoms with Gasteiger partial charge in [-0.15, -0.1) is 10.2 Å². The molecule has 1 fully saturated rings. The Hall–Kier alpha value is -1.73. The number of carbonyl (C=O) groups excluding carboxylic acids is 1. The molecule has 3 atom stereocenters. The van der Waals surface area contributed by atoms with Crippen LogP contribution >= 0.6 is 23.4 Å². The molecule has 1 heterocycles. The van der Waals surface area contributed by atoms with Crippen molar-refractivity contribution in [2.24, 2.45) is 11.8 Å². The highest BCUT2D eigenvalue weighted by atomic mass is 35.5. The molecule has 1 aromatic heterocycles. The first-order valence-corrected chi connectivity index (χ1v) is 10.2. The normalized spacial score (nSPS) is 23.0. The van der Waals surface area contributed by atoms with E-state index in [2.05, 4.69) is 29.4 Å². The van der Waals surface area contributed by atoms with Gasteiger partial charge in [-0.1, -0.05) is 50.1 Å². The molecule has 8 heteroatoms. The maximum absolute atomic E-state index is 12.3. The maximum atomic E-state index is 12.3. The number of carbonyl (C=O) groups is 1. The van der Waals surface area contributed by atoms with E-state index in [1.807, 2.05) is 12.1 Å². The van der Waals surface area contributed by atoms with Crippen LogP contribution in [0.4, 0.5) is 0 Å². The zero-order valence-electron chi connectivity index (χ0n) is 15.0. The van der Waals surface area contributed by atoms with E-state index in [4.69, 9.17) is 17.4 Å². The number of hydrogen-bond acceptors (Lipinski definition) is 5. The van der Waals surface area contributed by atoms with Crippen LogP contribution in [0.3, 0.4) is 0 Å². The second kappa shape index (κ2) is 8.31. The molecule has 1 aliphatic carbocycles. The first kappa shape index (κ1) is 19.0. The lowest BCUT2D eigenvalue weighted by molar-refractivity contribution is -0.120. The van der Waals surface area contributed by atoms with Crippen LogP contribution in [0.15, 0.2) is 29.4 Å². The number of nitrogens with zero attached hydrogens (tertiary/aromatic N) is 3. The van der Waals surface area contributed by atoms with Gasteiger partial charge in [-0.25, -0.2) is 4.68 Å². The highest BCUT2D eigenvalue weighted by molar-refractivity contribution is 7.99. The van der Waals surface area contributed by atoms with E-state index in [9.17, 15) is 4.79 Å². The van der Waals surface area contributed by atoms with Crippen molar-refractivity contribution in [1.82, 2.24) is 20.2 Å². The maximum Gasteiger partial charge on any atom is 0.230 e. The van der Waals surface area contributed by atoms with Crippen molar-refractivity contribution in [3.05, 3.63) is 29.3 Å². The average molecular weight is 394 g/mol. The van der Waals surface area contributed by atoms with Crippen LogP contribution < -0.4 is 11.2 Å². The van der Waals surface area contributed by atoms with Crippen LogP contribution in [0.25, 0.3) is 11.4 Å². The highest BCUT2D eigenvalue weighted by Crippen LogP contribution is 2.29. The van der Waals surface area contributed by atoms with Gasteiger partial charge in [0.1, 0.15) is 0 Å². The van der Waals surface area contributed by atoms with Crippen molar-refractivity contribution in [3.8, 4) is 11.4 Å². The molecular formula is C18H24ClN5OS. The summed E-state index contributed by atoms with van der Waals surface area (Å²) in [6.45, 7) is 4.48. The van der Waals surface area contributed by atoms with E-state index in [-0.39, 0.29) is 17.7 Å². The third kappa shape index (κ3) is 4.32. The molecule has 1 aliphatic rings. The van der Waals surface area contributed by atoms with Gasteiger partial charge < -0.3 is 11.2 Å². The predicted octanol–water partition coefficient (Wildman–Crippen LogP) is 3.35. The first-order valence-electron chi connectivity index (χ1n) is 8.84. The van der Waals surface area contributed by atoms with E-state index < -0.39 is 0 Å². The molecule has 0 spiro atoms. The Morgan fingerprint density at radius 1 is 1.31 bits per heavy atom. The quantitative estimate of drug-likeness (QED) is 0.601. The van der Waals surface area contributed by atoms with Crippen LogP contribution in [0.1, 0.15) is 33.1 Å². The van der Waals surface area contributed by atoms with Crippen molar-refractivity contribution in [3.63, 3.8) is 0 Å². The highest BCUT2D eigenvalue weighted by Gasteiger charge is 2.28. The van der Waals surface area contributed by atoms with E-state index in [0.29, 0.717) is 27.8 Å². The fourth-order valence-electron chi connectivity index (χ4n) is 3.34. The van der Waals surface area contributed by atoms with Crippen molar-refractivity contribution in [1.29, 1.82) is 0 Å². The Morgan fingerprint density at radius 2 is 2.04 bits per heavy atom. The molecule has 0 bridgehead atoms. The smallest absolute Gasteiger partial charge is 0.230 e. The minimum atomic E-state index is 0.0111. The number of thioether (sulfide) groups is 1. The Labute approximate surface area is 162 Å². The summed E-state index contributed by atoms with van der Waals surface area (Å²) in [5, 5.41) is 12.5. The number of amides is 1. The number of nitrogens with one attached hydrogen (secondary N) is 1. The summed E-state index contributed by atoms with van der Waals surface area (Å²) in [5.74, 6) is 8.07. The molecule has 140 valence electrons. The summed E-state index contributed by atoms with van der Waals surface area (Å²) >= 11 is 7.20. The van der Waals surface area contributed by atoms with Gasteiger partial charge in [0.05, 0.1) is 5.75 Å². The molecule has 0 aliphatic heterocycles. The van der Waals surface area contributed by atoms with Crippen LogP contribution in [-0.2, 0) is 4.79 Å². The Morgan fingerprint density at radius 3 is 2.77 bits per heavy atom. The van der Waals surface area contributed by atoms with Gasteiger partial charge in [0.15, 0.2) is 5.82 Å². The molecular weight excluding hydrogens is 370 g/mol. The van der Waals surface area contributed by atoms with Gasteiger partial charge in [-0.2, -0.15) is 0 Å². The molecule has 0 radical (unpaired) electrons. The van der Waals surface area contributed by atoms with Gasteiger partial charge >= 0.3 is 0 Å². The Bertz CT molecular complexity index is 763. The van der Waals surface area contributed by atoms with Gasteiger partial charge in [0, 0.05) is 16.6 Å². The Kier molecular flexibility index (Phi) is 6.09. The zero-order chi connectivity index (χ0) is 18.7. The van der Waals surface area contributed by atoms with Crippen molar-refractivity contribution in [2.75, 3.05) is 11.6 Å². The van der Waals surface area contributed by atoms with Crippen molar-refractivity contribution < 1.29 is 4.79 Å². The lowest BCUT2D eigenvalue weighted by Crippen LogP contribution is -2.44. The minimum Gasteiger partial charge on any atom is -0.352 e. The fraction of sp³-hybridized carbons (Fsp3) is 0.500. The molecule has 0 saturated heterocycles. The summed E-state index contributed by atoms with van der Waals surface area (Å²) < 4.78 is 1.41. The number of benzene rings is 1. The summed E-state index contributed by atoms with van der Waals surface area (Å²) in [6, 6.07) is 7.48. The second-order valence-electron chi connectivity index (χ2n) is 6.91. The van der Waals surface area contributed by atoms with Crippen LogP contribution in [0, 0.1) is 11.8 Å². The van der Waals surface area contributed by atoms with Crippen LogP contribution in [0.2, 0.25) is 5.02 Å². The molecule has 3 N–H and O–H groups in total. The summed E-state index contributed by atoms with van der Waals surface area (Å²) in [6.07, 6.45) is 3.47. The largest absolute Gasteiger partial charge is 0.352 e. The monoisotopic (exact) mass is 393 g/mol. The number of nitrogen functional groups attached to an aromatic ring is 1. The van der Waals surface area contributed by atoms with Crippen LogP contribution in [0.5, 0.6) is 0 Å². The average Bonchev–Trinajstić information content (AvgIpc) is 2.99. The molecule has 3 rings (SSSR count). The summed E-state index contributed by atoms with van der Waals surface area (Å²) in [4.78, 5) is 12.3. The second-order valence-corrected chi connectivity index (χ2v) is 8.29. The third-order valence-corrected chi connectivity index (χ3v) is 6.35. The minimum absolute atomic E-state index is 0.0111. The third-order valence-electron chi connectivity index (χ3n) is 5.15. The van der Waals surface area contributed by atoms with Crippen molar-refractivity contribution >= 4 is 29.3 Å². The standard InChI is InChI=1S/C18H24ClN5OS/c1-11-4-3-5-15(12(11)2)21-16(25)10-26-18-23-22-17(24(18)20)13-6-8-14(19)9-7-13/h6-9,11-12,15H,3-5,10,20H2,1-2H3,(H,21,25)/t11-,12-,15+/m1/s1. The van der Waals surface area contributed by atoms with E-state index in [1.165, 1.54) is 29.3 Å². The molecule has 2 aromatic rings. The molecule has 1 saturated carbocycles. The summed E-state index contributed by atoms with van der Waals surface area (Å²) in [7, 11) is 0. The van der Waals surface area contributed by atoms with Crippen molar-refractivity contribution in [2.45, 2.75) is 44.3 Å². The summed E-state index contributed by atoms with van der Waals surface area (Å²) in [5.41, 5.74) is 0.825. The van der Waals surface area contributed by atoms with E-state index >= 15 is 0 Å².